The van der Waals surface area contributed by atoms with Crippen LogP contribution < -0.4 is 25.4 Å². The normalized spacial score (nSPS) is 11.1. The number of nitrogen functional groups attached to an aromatic ring is 1. The van der Waals surface area contributed by atoms with E-state index in [-0.39, 0.29) is 41.1 Å². The van der Waals surface area contributed by atoms with E-state index < -0.39 is 11.9 Å². The lowest BCUT2D eigenvalue weighted by Gasteiger charge is -2.13. The van der Waals surface area contributed by atoms with Crippen LogP contribution >= 0.6 is 0 Å². The van der Waals surface area contributed by atoms with Gasteiger partial charge < -0.3 is 24.8 Å². The number of hydrazone groups is 1. The fourth-order valence-corrected chi connectivity index (χ4v) is 2.86. The van der Waals surface area contributed by atoms with Gasteiger partial charge in [-0.1, -0.05) is 5.21 Å². The van der Waals surface area contributed by atoms with E-state index in [1.807, 2.05) is 19.0 Å². The predicted octanol–water partition coefficient (Wildman–Crippen LogP) is 0.000500. The van der Waals surface area contributed by atoms with Crippen LogP contribution in [0, 0.1) is 0 Å². The molecule has 0 unspecified atom stereocenters. The molecule has 180 valence electrons. The highest BCUT2D eigenvalue weighted by Crippen LogP contribution is 2.38. The van der Waals surface area contributed by atoms with E-state index in [1.54, 1.807) is 12.1 Å². The number of methoxy groups -OCH3 is 2. The van der Waals surface area contributed by atoms with Gasteiger partial charge in [-0.2, -0.15) is 9.78 Å². The lowest BCUT2D eigenvalue weighted by Crippen LogP contribution is -2.23. The van der Waals surface area contributed by atoms with Gasteiger partial charge in [0.25, 0.3) is 5.91 Å². The quantitative estimate of drug-likeness (QED) is 0.184. The Labute approximate surface area is 193 Å². The Morgan fingerprint density at radius 2 is 1.91 bits per heavy atom. The number of rotatable bonds is 9. The van der Waals surface area contributed by atoms with Gasteiger partial charge in [0.15, 0.2) is 17.2 Å². The molecule has 0 fully saturated rings. The van der Waals surface area contributed by atoms with Crippen molar-refractivity contribution in [2.45, 2.75) is 13.5 Å². The first-order chi connectivity index (χ1) is 16.2. The first-order valence-electron chi connectivity index (χ1n) is 9.70. The summed E-state index contributed by atoms with van der Waals surface area (Å²) in [6, 6.07) is 3.12. The van der Waals surface area contributed by atoms with E-state index in [0.717, 1.165) is 0 Å². The molecule has 3 rings (SSSR count). The number of anilines is 1. The van der Waals surface area contributed by atoms with Crippen molar-refractivity contribution in [1.29, 1.82) is 0 Å². The number of amides is 1. The van der Waals surface area contributed by atoms with Crippen LogP contribution in [0.25, 0.3) is 5.82 Å². The summed E-state index contributed by atoms with van der Waals surface area (Å²) in [5, 5.41) is 19.1. The third-order valence-electron chi connectivity index (χ3n) is 4.25. The number of carbonyl (C=O) groups excluding carboxylic acids is 2. The maximum absolute atomic E-state index is 12.8. The number of aromatic nitrogens is 5. The molecule has 2 aromatic heterocycles. The molecular weight excluding hydrogens is 450 g/mol. The zero-order valence-corrected chi connectivity index (χ0v) is 19.1. The van der Waals surface area contributed by atoms with Crippen LogP contribution in [0.15, 0.2) is 21.9 Å². The van der Waals surface area contributed by atoms with Gasteiger partial charge in [-0.3, -0.25) is 9.59 Å². The molecule has 3 N–H and O–H groups in total. The molecule has 15 nitrogen and oxygen atoms in total. The molecular formula is C19H23N9O6. The minimum absolute atomic E-state index is 0.00465. The lowest BCUT2D eigenvalue weighted by molar-refractivity contribution is -0.132. The minimum Gasteiger partial charge on any atom is -0.493 e. The van der Waals surface area contributed by atoms with E-state index in [9.17, 15) is 9.59 Å². The topological polar surface area (TPSA) is 185 Å². The third kappa shape index (κ3) is 5.26. The van der Waals surface area contributed by atoms with Crippen LogP contribution in [-0.2, 0) is 11.3 Å². The molecule has 15 heteroatoms. The maximum Gasteiger partial charge on any atom is 0.308 e. The number of nitrogens with zero attached hydrogens (tertiary/aromatic N) is 7. The third-order valence-corrected chi connectivity index (χ3v) is 4.25. The van der Waals surface area contributed by atoms with Crippen LogP contribution in [0.1, 0.15) is 28.7 Å². The Bertz CT molecular complexity index is 1190. The van der Waals surface area contributed by atoms with Crippen molar-refractivity contribution in [3.8, 4) is 23.1 Å². The van der Waals surface area contributed by atoms with Gasteiger partial charge in [0.1, 0.15) is 0 Å². The highest BCUT2D eigenvalue weighted by molar-refractivity contribution is 5.94. The average molecular weight is 473 g/mol. The number of nitrogens with one attached hydrogen (secondary N) is 1. The van der Waals surface area contributed by atoms with Crippen LogP contribution in [0.3, 0.4) is 0 Å². The molecule has 0 saturated carbocycles. The van der Waals surface area contributed by atoms with E-state index in [4.69, 9.17) is 19.9 Å². The summed E-state index contributed by atoms with van der Waals surface area (Å²) in [6.45, 7) is 1.55. The average Bonchev–Trinajstić information content (AvgIpc) is 3.39. The Balaban J connectivity index is 1.84. The number of ether oxygens (including phenoxy) is 3. The van der Waals surface area contributed by atoms with Gasteiger partial charge in [-0.25, -0.2) is 10.1 Å². The standard InChI is InChI=1S/C19H23N9O6/c1-10(29)33-16-13(31-4)6-11(7-14(16)32-5)8-21-23-19(30)15-12(9-27(2)3)28(26-22-15)18-17(20)24-34-25-18/h6-8H,9H2,1-5H3,(H2,20,24)(H,23,30)/b21-8-. The minimum atomic E-state index is -0.621. The van der Waals surface area contributed by atoms with E-state index >= 15 is 0 Å². The fraction of sp³-hybridized carbons (Fsp3) is 0.316. The molecule has 0 aliphatic rings. The zero-order valence-electron chi connectivity index (χ0n) is 19.1. The summed E-state index contributed by atoms with van der Waals surface area (Å²) in [5.74, 6) is -0.422. The summed E-state index contributed by atoms with van der Waals surface area (Å²) in [5.41, 5.74) is 9.05. The van der Waals surface area contributed by atoms with Crippen LogP contribution in [0.4, 0.5) is 5.82 Å². The summed E-state index contributed by atoms with van der Waals surface area (Å²) in [4.78, 5) is 25.9. The first kappa shape index (κ1) is 24.1. The van der Waals surface area contributed by atoms with Gasteiger partial charge in [0, 0.05) is 19.0 Å². The Morgan fingerprint density at radius 1 is 1.24 bits per heavy atom. The van der Waals surface area contributed by atoms with Crippen molar-refractivity contribution < 1.29 is 28.4 Å². The molecule has 1 aromatic carbocycles. The smallest absolute Gasteiger partial charge is 0.308 e. The van der Waals surface area contributed by atoms with E-state index in [2.05, 4.69) is 35.8 Å². The monoisotopic (exact) mass is 473 g/mol. The number of benzene rings is 1. The molecule has 0 atom stereocenters. The second-order valence-corrected chi connectivity index (χ2v) is 7.05. The van der Waals surface area contributed by atoms with Gasteiger partial charge in [-0.05, 0) is 36.5 Å². The van der Waals surface area contributed by atoms with Crippen LogP contribution in [-0.4, -0.2) is 76.6 Å². The molecule has 3 aromatic rings. The molecule has 0 spiro atoms. The van der Waals surface area contributed by atoms with Crippen LogP contribution in [0.5, 0.6) is 17.2 Å². The van der Waals surface area contributed by atoms with E-state index in [0.29, 0.717) is 11.3 Å². The summed E-state index contributed by atoms with van der Waals surface area (Å²) < 4.78 is 21.6. The highest BCUT2D eigenvalue weighted by Gasteiger charge is 2.24. The van der Waals surface area contributed by atoms with Crippen molar-refractivity contribution in [3.05, 3.63) is 29.1 Å². The second-order valence-electron chi connectivity index (χ2n) is 7.05. The summed E-state index contributed by atoms with van der Waals surface area (Å²) in [6.07, 6.45) is 1.36. The number of carbonyl (C=O) groups is 2. The fourth-order valence-electron chi connectivity index (χ4n) is 2.86. The lowest BCUT2D eigenvalue weighted by atomic mass is 10.2. The molecule has 0 saturated heterocycles. The van der Waals surface area contributed by atoms with E-state index in [1.165, 1.54) is 32.0 Å². The van der Waals surface area contributed by atoms with Crippen molar-refractivity contribution in [2.75, 3.05) is 34.0 Å². The molecule has 34 heavy (non-hydrogen) atoms. The largest absolute Gasteiger partial charge is 0.493 e. The Morgan fingerprint density at radius 3 is 2.44 bits per heavy atom. The van der Waals surface area contributed by atoms with Crippen molar-refractivity contribution in [3.63, 3.8) is 0 Å². The predicted molar refractivity (Wildman–Crippen MR) is 117 cm³/mol. The highest BCUT2D eigenvalue weighted by atomic mass is 16.6. The van der Waals surface area contributed by atoms with Gasteiger partial charge in [0.05, 0.1) is 26.1 Å². The van der Waals surface area contributed by atoms with Crippen molar-refractivity contribution >= 4 is 23.9 Å². The molecule has 1 amide bonds. The Hall–Kier alpha value is -4.53. The number of hydrogen-bond acceptors (Lipinski definition) is 13. The molecule has 2 heterocycles. The summed E-state index contributed by atoms with van der Waals surface area (Å²) >= 11 is 0. The number of hydrogen-bond donors (Lipinski definition) is 2. The molecule has 0 radical (unpaired) electrons. The maximum atomic E-state index is 12.8. The SMILES string of the molecule is COc1cc(/C=N\NC(=O)c2nnn(-c3nonc3N)c2CN(C)C)cc(OC)c1OC(C)=O. The van der Waals surface area contributed by atoms with Gasteiger partial charge in [-0.15, -0.1) is 5.10 Å². The number of nitrogens with two attached hydrogens (primary N) is 1. The Kier molecular flexibility index (Phi) is 7.37. The summed E-state index contributed by atoms with van der Waals surface area (Å²) in [7, 11) is 6.44. The number of esters is 1. The second kappa shape index (κ2) is 10.4. The van der Waals surface area contributed by atoms with Gasteiger partial charge >= 0.3 is 5.97 Å². The zero-order chi connectivity index (χ0) is 24.8. The first-order valence-corrected chi connectivity index (χ1v) is 9.70. The molecule has 0 aliphatic carbocycles. The van der Waals surface area contributed by atoms with Crippen molar-refractivity contribution in [2.24, 2.45) is 5.10 Å². The van der Waals surface area contributed by atoms with Gasteiger partial charge in [0.2, 0.25) is 17.4 Å². The molecule has 0 bridgehead atoms. The molecule has 0 aliphatic heterocycles. The van der Waals surface area contributed by atoms with Crippen molar-refractivity contribution in [1.82, 2.24) is 35.6 Å². The van der Waals surface area contributed by atoms with Crippen LogP contribution in [0.2, 0.25) is 0 Å².